The maximum absolute atomic E-state index is 12.0. The number of hydrogen-bond donors (Lipinski definition) is 2. The first-order chi connectivity index (χ1) is 7.85. The Hall–Kier alpha value is -0.660. The van der Waals surface area contributed by atoms with Gasteiger partial charge in [-0.1, -0.05) is 6.07 Å². The van der Waals surface area contributed by atoms with Gasteiger partial charge in [0.05, 0.1) is 5.56 Å². The highest BCUT2D eigenvalue weighted by Crippen LogP contribution is 2.20. The Morgan fingerprint density at radius 2 is 2.12 bits per heavy atom. The number of esters is 1. The van der Waals surface area contributed by atoms with E-state index in [2.05, 4.69) is 28.1 Å². The zero-order chi connectivity index (χ0) is 13.1. The summed E-state index contributed by atoms with van der Waals surface area (Å²) in [6, 6.07) is 5.37. The van der Waals surface area contributed by atoms with Gasteiger partial charge in [-0.3, -0.25) is 0 Å². The van der Waals surface area contributed by atoms with Crippen molar-refractivity contribution in [1.29, 1.82) is 0 Å². The fraction of sp³-hybridized carbons (Fsp3) is 0.417. The van der Waals surface area contributed by atoms with E-state index in [1.54, 1.807) is 12.1 Å². The van der Waals surface area contributed by atoms with Crippen LogP contribution in [-0.2, 0) is 11.3 Å². The van der Waals surface area contributed by atoms with Crippen LogP contribution in [0.1, 0.15) is 36.7 Å². The summed E-state index contributed by atoms with van der Waals surface area (Å²) in [5, 5.41) is 8.78. The van der Waals surface area contributed by atoms with Crippen molar-refractivity contribution in [3.05, 3.63) is 32.9 Å². The largest absolute Gasteiger partial charge is 0.456 e. The van der Waals surface area contributed by atoms with E-state index in [0.717, 1.165) is 9.13 Å². The maximum Gasteiger partial charge on any atom is 0.339 e. The molecule has 0 spiro atoms. The highest BCUT2D eigenvalue weighted by molar-refractivity contribution is 14.1. The van der Waals surface area contributed by atoms with E-state index in [1.807, 2.05) is 26.8 Å². The molecule has 0 radical (unpaired) electrons. The van der Waals surface area contributed by atoms with Gasteiger partial charge in [-0.05, 0) is 61.1 Å². The SMILES string of the molecule is CC(C)(C)OC(=O)c1cccc(I)c1CNO. The molecule has 0 aromatic heterocycles. The summed E-state index contributed by atoms with van der Waals surface area (Å²) in [6.45, 7) is 5.68. The molecule has 0 saturated carbocycles. The first-order valence-corrected chi connectivity index (χ1v) is 6.30. The number of hydrogen-bond acceptors (Lipinski definition) is 4. The first kappa shape index (κ1) is 14.4. The number of carbonyl (C=O) groups is 1. The molecule has 2 N–H and O–H groups in total. The summed E-state index contributed by atoms with van der Waals surface area (Å²) in [7, 11) is 0. The van der Waals surface area contributed by atoms with E-state index in [0.29, 0.717) is 5.56 Å². The molecule has 0 bridgehead atoms. The lowest BCUT2D eigenvalue weighted by atomic mass is 10.1. The van der Waals surface area contributed by atoms with E-state index in [-0.39, 0.29) is 12.5 Å². The molecule has 0 unspecified atom stereocenters. The molecule has 1 aromatic carbocycles. The van der Waals surface area contributed by atoms with Crippen LogP contribution in [0, 0.1) is 3.57 Å². The summed E-state index contributed by atoms with van der Waals surface area (Å²) in [4.78, 5) is 12.0. The quantitative estimate of drug-likeness (QED) is 0.501. The molecule has 4 nitrogen and oxygen atoms in total. The average molecular weight is 349 g/mol. The van der Waals surface area contributed by atoms with Crippen molar-refractivity contribution in [1.82, 2.24) is 5.48 Å². The van der Waals surface area contributed by atoms with Crippen LogP contribution in [-0.4, -0.2) is 16.8 Å². The molecule has 0 saturated heterocycles. The van der Waals surface area contributed by atoms with Crippen molar-refractivity contribution in [2.24, 2.45) is 0 Å². The molecule has 0 fully saturated rings. The minimum absolute atomic E-state index is 0.216. The normalized spacial score (nSPS) is 11.4. The number of hydroxylamine groups is 1. The summed E-state index contributed by atoms with van der Waals surface area (Å²) in [5.74, 6) is -0.374. The van der Waals surface area contributed by atoms with E-state index in [9.17, 15) is 4.79 Å². The van der Waals surface area contributed by atoms with Gasteiger partial charge in [0.2, 0.25) is 0 Å². The van der Waals surface area contributed by atoms with Crippen LogP contribution in [0.5, 0.6) is 0 Å². The number of carbonyl (C=O) groups excluding carboxylic acids is 1. The Balaban J connectivity index is 3.04. The van der Waals surface area contributed by atoms with Gasteiger partial charge in [-0.25, -0.2) is 10.3 Å². The van der Waals surface area contributed by atoms with Gasteiger partial charge in [-0.2, -0.15) is 0 Å². The predicted octanol–water partition coefficient (Wildman–Crippen LogP) is 2.73. The molecular weight excluding hydrogens is 333 g/mol. The van der Waals surface area contributed by atoms with Crippen molar-refractivity contribution in [2.45, 2.75) is 32.9 Å². The molecule has 17 heavy (non-hydrogen) atoms. The lowest BCUT2D eigenvalue weighted by Gasteiger charge is -2.20. The summed E-state index contributed by atoms with van der Waals surface area (Å²) in [5.41, 5.74) is 2.77. The molecule has 1 aromatic rings. The lowest BCUT2D eigenvalue weighted by molar-refractivity contribution is 0.00675. The Bertz CT molecular complexity index is 413. The Morgan fingerprint density at radius 3 is 2.65 bits per heavy atom. The number of nitrogens with one attached hydrogen (secondary N) is 1. The van der Waals surface area contributed by atoms with E-state index in [4.69, 9.17) is 9.94 Å². The molecule has 0 amide bonds. The van der Waals surface area contributed by atoms with Gasteiger partial charge in [0.25, 0.3) is 0 Å². The number of halogens is 1. The Labute approximate surface area is 114 Å². The van der Waals surface area contributed by atoms with Crippen LogP contribution < -0.4 is 5.48 Å². The van der Waals surface area contributed by atoms with E-state index < -0.39 is 5.60 Å². The number of benzene rings is 1. The van der Waals surface area contributed by atoms with Gasteiger partial charge in [0.1, 0.15) is 5.60 Å². The number of rotatable bonds is 3. The van der Waals surface area contributed by atoms with Crippen LogP contribution in [0.4, 0.5) is 0 Å². The third-order valence-electron chi connectivity index (χ3n) is 1.99. The summed E-state index contributed by atoms with van der Waals surface area (Å²) < 4.78 is 6.22. The minimum Gasteiger partial charge on any atom is -0.456 e. The zero-order valence-corrected chi connectivity index (χ0v) is 12.2. The second kappa shape index (κ2) is 5.79. The standard InChI is InChI=1S/C12H16INO3/c1-12(2,3)17-11(15)8-5-4-6-10(13)9(8)7-14-16/h4-6,14,16H,7H2,1-3H3. The van der Waals surface area contributed by atoms with Crippen molar-refractivity contribution in [3.8, 4) is 0 Å². The van der Waals surface area contributed by atoms with Gasteiger partial charge in [0.15, 0.2) is 0 Å². The van der Waals surface area contributed by atoms with Gasteiger partial charge < -0.3 is 9.94 Å². The smallest absolute Gasteiger partial charge is 0.339 e. The molecule has 0 aliphatic rings. The Kier molecular flexibility index (Phi) is 4.91. The third kappa shape index (κ3) is 4.25. The molecule has 0 atom stereocenters. The van der Waals surface area contributed by atoms with Crippen LogP contribution in [0.15, 0.2) is 18.2 Å². The lowest BCUT2D eigenvalue weighted by Crippen LogP contribution is -2.25. The average Bonchev–Trinajstić information content (AvgIpc) is 2.18. The molecular formula is C12H16INO3. The molecule has 0 heterocycles. The molecule has 5 heteroatoms. The fourth-order valence-electron chi connectivity index (χ4n) is 1.34. The number of ether oxygens (including phenoxy) is 1. The van der Waals surface area contributed by atoms with Crippen LogP contribution in [0.2, 0.25) is 0 Å². The van der Waals surface area contributed by atoms with E-state index >= 15 is 0 Å². The fourth-order valence-corrected chi connectivity index (χ4v) is 2.03. The highest BCUT2D eigenvalue weighted by atomic mass is 127. The van der Waals surface area contributed by atoms with Crippen LogP contribution >= 0.6 is 22.6 Å². The minimum atomic E-state index is -0.526. The van der Waals surface area contributed by atoms with Crippen LogP contribution in [0.3, 0.4) is 0 Å². The first-order valence-electron chi connectivity index (χ1n) is 5.23. The van der Waals surface area contributed by atoms with Crippen molar-refractivity contribution >= 4 is 28.6 Å². The topological polar surface area (TPSA) is 58.6 Å². The highest BCUT2D eigenvalue weighted by Gasteiger charge is 2.21. The second-order valence-corrected chi connectivity index (χ2v) is 5.76. The van der Waals surface area contributed by atoms with Gasteiger partial charge in [0, 0.05) is 10.1 Å². The molecule has 94 valence electrons. The molecule has 1 rings (SSSR count). The molecule has 0 aliphatic heterocycles. The second-order valence-electron chi connectivity index (χ2n) is 4.60. The van der Waals surface area contributed by atoms with Crippen molar-refractivity contribution in [3.63, 3.8) is 0 Å². The van der Waals surface area contributed by atoms with Crippen molar-refractivity contribution in [2.75, 3.05) is 0 Å². The predicted molar refractivity (Wildman–Crippen MR) is 73.0 cm³/mol. The zero-order valence-electron chi connectivity index (χ0n) is 10.1. The monoisotopic (exact) mass is 349 g/mol. The third-order valence-corrected chi connectivity index (χ3v) is 3.00. The van der Waals surface area contributed by atoms with Gasteiger partial charge in [-0.15, -0.1) is 0 Å². The summed E-state index contributed by atoms with van der Waals surface area (Å²) in [6.07, 6.45) is 0. The van der Waals surface area contributed by atoms with Crippen molar-refractivity contribution < 1.29 is 14.7 Å². The molecule has 0 aliphatic carbocycles. The van der Waals surface area contributed by atoms with E-state index in [1.165, 1.54) is 0 Å². The van der Waals surface area contributed by atoms with Crippen LogP contribution in [0.25, 0.3) is 0 Å². The summed E-state index contributed by atoms with van der Waals surface area (Å²) >= 11 is 2.12. The Morgan fingerprint density at radius 1 is 1.47 bits per heavy atom. The van der Waals surface area contributed by atoms with Gasteiger partial charge >= 0.3 is 5.97 Å². The maximum atomic E-state index is 12.0.